The molecule has 0 radical (unpaired) electrons. The minimum Gasteiger partial charge on any atom is -0.481 e. The summed E-state index contributed by atoms with van der Waals surface area (Å²) < 4.78 is 1.73. The van der Waals surface area contributed by atoms with Gasteiger partial charge in [-0.1, -0.05) is 11.6 Å². The van der Waals surface area contributed by atoms with Crippen molar-refractivity contribution in [1.29, 1.82) is 0 Å². The number of pyridine rings is 1. The number of likely N-dealkylation sites (tertiary alicyclic amines) is 1. The van der Waals surface area contributed by atoms with Crippen LogP contribution in [-0.4, -0.2) is 44.4 Å². The number of hydrogen-bond acceptors (Lipinski definition) is 3. The molecule has 7 heteroatoms. The third-order valence-electron chi connectivity index (χ3n) is 4.10. The largest absolute Gasteiger partial charge is 0.481 e. The van der Waals surface area contributed by atoms with Crippen LogP contribution in [0, 0.1) is 12.8 Å². The maximum absolute atomic E-state index is 12.7. The van der Waals surface area contributed by atoms with Crippen LogP contribution in [0.2, 0.25) is 5.02 Å². The van der Waals surface area contributed by atoms with E-state index in [0.29, 0.717) is 48.0 Å². The van der Waals surface area contributed by atoms with Gasteiger partial charge in [0.2, 0.25) is 0 Å². The number of aryl methyl sites for hydroxylation is 1. The van der Waals surface area contributed by atoms with Crippen LogP contribution >= 0.6 is 11.6 Å². The van der Waals surface area contributed by atoms with Gasteiger partial charge in [-0.05, 0) is 25.8 Å². The summed E-state index contributed by atoms with van der Waals surface area (Å²) in [5, 5.41) is 9.60. The first kappa shape index (κ1) is 14.8. The van der Waals surface area contributed by atoms with E-state index < -0.39 is 5.97 Å². The van der Waals surface area contributed by atoms with E-state index in [1.165, 1.54) is 0 Å². The predicted octanol–water partition coefficient (Wildman–Crippen LogP) is 2.23. The van der Waals surface area contributed by atoms with E-state index >= 15 is 0 Å². The summed E-state index contributed by atoms with van der Waals surface area (Å²) >= 11 is 5.95. The minimum absolute atomic E-state index is 0.115. The lowest BCUT2D eigenvalue weighted by atomic mass is 9.97. The van der Waals surface area contributed by atoms with Crippen molar-refractivity contribution >= 4 is 29.1 Å². The number of halogens is 1. The maximum Gasteiger partial charge on any atom is 0.306 e. The van der Waals surface area contributed by atoms with E-state index in [9.17, 15) is 9.59 Å². The van der Waals surface area contributed by atoms with Crippen molar-refractivity contribution in [2.24, 2.45) is 5.92 Å². The highest BCUT2D eigenvalue weighted by atomic mass is 35.5. The van der Waals surface area contributed by atoms with Crippen LogP contribution in [0.5, 0.6) is 0 Å². The lowest BCUT2D eigenvalue weighted by molar-refractivity contribution is -0.143. The molecule has 6 nitrogen and oxygen atoms in total. The second-order valence-corrected chi connectivity index (χ2v) is 5.96. The molecule has 22 heavy (non-hydrogen) atoms. The summed E-state index contributed by atoms with van der Waals surface area (Å²) in [6.07, 6.45) is 2.71. The minimum atomic E-state index is -0.785. The third kappa shape index (κ3) is 2.54. The molecule has 116 valence electrons. The molecule has 2 aromatic heterocycles. The van der Waals surface area contributed by atoms with E-state index in [4.69, 9.17) is 16.7 Å². The van der Waals surface area contributed by atoms with Crippen LogP contribution in [0.3, 0.4) is 0 Å². The zero-order chi connectivity index (χ0) is 15.9. The Hall–Kier alpha value is -2.08. The molecule has 0 saturated carbocycles. The second kappa shape index (κ2) is 5.61. The first-order valence-corrected chi connectivity index (χ1v) is 7.51. The number of aliphatic carboxylic acids is 1. The molecule has 1 saturated heterocycles. The van der Waals surface area contributed by atoms with Gasteiger partial charge in [0.15, 0.2) is 0 Å². The number of carboxylic acid groups (broad SMARTS) is 1. The van der Waals surface area contributed by atoms with Gasteiger partial charge in [0, 0.05) is 30.4 Å². The number of carbonyl (C=O) groups excluding carboxylic acids is 1. The van der Waals surface area contributed by atoms with Gasteiger partial charge in [-0.2, -0.15) is 0 Å². The summed E-state index contributed by atoms with van der Waals surface area (Å²) in [7, 11) is 0. The van der Waals surface area contributed by atoms with Gasteiger partial charge in [-0.25, -0.2) is 4.98 Å². The first-order valence-electron chi connectivity index (χ1n) is 7.13. The molecular formula is C15H16ClN3O3. The number of fused-ring (bicyclic) bond motifs is 1. The van der Waals surface area contributed by atoms with E-state index in [1.54, 1.807) is 34.6 Å². The Labute approximate surface area is 132 Å². The molecule has 2 aromatic rings. The van der Waals surface area contributed by atoms with Crippen LogP contribution in [0.1, 0.15) is 29.0 Å². The van der Waals surface area contributed by atoms with Crippen LogP contribution in [0.25, 0.3) is 5.65 Å². The Morgan fingerprint density at radius 2 is 2.05 bits per heavy atom. The SMILES string of the molecule is Cc1nc2cc(Cl)ccn2c1C(=O)N1CCC(C(=O)O)CC1. The van der Waals surface area contributed by atoms with Crippen LogP contribution in [-0.2, 0) is 4.79 Å². The number of piperidine rings is 1. The molecular weight excluding hydrogens is 306 g/mol. The van der Waals surface area contributed by atoms with Crippen molar-refractivity contribution < 1.29 is 14.7 Å². The number of carboxylic acids is 1. The van der Waals surface area contributed by atoms with E-state index in [1.807, 2.05) is 0 Å². The van der Waals surface area contributed by atoms with Crippen molar-refractivity contribution in [3.8, 4) is 0 Å². The van der Waals surface area contributed by atoms with Crippen LogP contribution in [0.4, 0.5) is 0 Å². The molecule has 0 spiro atoms. The number of aromatic nitrogens is 2. The third-order valence-corrected chi connectivity index (χ3v) is 4.33. The number of hydrogen-bond donors (Lipinski definition) is 1. The molecule has 0 bridgehead atoms. The first-order chi connectivity index (χ1) is 10.5. The Morgan fingerprint density at radius 1 is 1.36 bits per heavy atom. The van der Waals surface area contributed by atoms with Gasteiger partial charge in [-0.15, -0.1) is 0 Å². The summed E-state index contributed by atoms with van der Waals surface area (Å²) in [6.45, 7) is 2.70. The molecule has 0 aliphatic carbocycles. The molecule has 3 rings (SSSR count). The van der Waals surface area contributed by atoms with Gasteiger partial charge < -0.3 is 10.0 Å². The molecule has 1 aliphatic heterocycles. The Kier molecular flexibility index (Phi) is 3.78. The molecule has 0 unspecified atom stereocenters. The number of imidazole rings is 1. The standard InChI is InChI=1S/C15H16ClN3O3/c1-9-13(19-7-4-11(16)8-12(19)17-9)14(20)18-5-2-10(3-6-18)15(21)22/h4,7-8,10H,2-3,5-6H2,1H3,(H,21,22). The Bertz CT molecular complexity index is 748. The molecule has 0 atom stereocenters. The fraction of sp³-hybridized carbons (Fsp3) is 0.400. The highest BCUT2D eigenvalue weighted by molar-refractivity contribution is 6.30. The van der Waals surface area contributed by atoms with Gasteiger partial charge in [-0.3, -0.25) is 14.0 Å². The number of amides is 1. The molecule has 1 aliphatic rings. The predicted molar refractivity (Wildman–Crippen MR) is 81.2 cm³/mol. The van der Waals surface area contributed by atoms with E-state index in [-0.39, 0.29) is 11.8 Å². The lowest BCUT2D eigenvalue weighted by Crippen LogP contribution is -2.40. The normalized spacial score (nSPS) is 16.2. The van der Waals surface area contributed by atoms with Gasteiger partial charge in [0.05, 0.1) is 11.6 Å². The van der Waals surface area contributed by atoms with Crippen molar-refractivity contribution in [1.82, 2.24) is 14.3 Å². The van der Waals surface area contributed by atoms with Crippen LogP contribution in [0.15, 0.2) is 18.3 Å². The fourth-order valence-corrected chi connectivity index (χ4v) is 3.03. The van der Waals surface area contributed by atoms with Crippen molar-refractivity contribution in [2.75, 3.05) is 13.1 Å². The number of carbonyl (C=O) groups is 2. The quantitative estimate of drug-likeness (QED) is 0.920. The topological polar surface area (TPSA) is 74.9 Å². The fourth-order valence-electron chi connectivity index (χ4n) is 2.87. The highest BCUT2D eigenvalue weighted by Crippen LogP contribution is 2.22. The second-order valence-electron chi connectivity index (χ2n) is 5.52. The van der Waals surface area contributed by atoms with E-state index in [0.717, 1.165) is 0 Å². The summed E-state index contributed by atoms with van der Waals surface area (Å²) in [5.41, 5.74) is 1.79. The van der Waals surface area contributed by atoms with E-state index in [2.05, 4.69) is 4.98 Å². The maximum atomic E-state index is 12.7. The molecule has 1 amide bonds. The monoisotopic (exact) mass is 321 g/mol. The molecule has 3 heterocycles. The van der Waals surface area contributed by atoms with Gasteiger partial charge in [0.25, 0.3) is 5.91 Å². The average Bonchev–Trinajstić information content (AvgIpc) is 2.81. The smallest absolute Gasteiger partial charge is 0.306 e. The van der Waals surface area contributed by atoms with Crippen molar-refractivity contribution in [3.05, 3.63) is 34.7 Å². The summed E-state index contributed by atoms with van der Waals surface area (Å²) in [5.74, 6) is -1.25. The Balaban J connectivity index is 1.87. The average molecular weight is 322 g/mol. The zero-order valence-electron chi connectivity index (χ0n) is 12.1. The molecule has 1 fully saturated rings. The van der Waals surface area contributed by atoms with Crippen LogP contribution < -0.4 is 0 Å². The zero-order valence-corrected chi connectivity index (χ0v) is 12.9. The molecule has 1 N–H and O–H groups in total. The van der Waals surface area contributed by atoms with Crippen molar-refractivity contribution in [2.45, 2.75) is 19.8 Å². The lowest BCUT2D eigenvalue weighted by Gasteiger charge is -2.30. The molecule has 0 aromatic carbocycles. The number of rotatable bonds is 2. The number of nitrogens with zero attached hydrogens (tertiary/aromatic N) is 3. The summed E-state index contributed by atoms with van der Waals surface area (Å²) in [6, 6.07) is 3.42. The summed E-state index contributed by atoms with van der Waals surface area (Å²) in [4.78, 5) is 29.8. The highest BCUT2D eigenvalue weighted by Gasteiger charge is 2.29. The Morgan fingerprint density at radius 3 is 2.68 bits per heavy atom. The van der Waals surface area contributed by atoms with Gasteiger partial charge >= 0.3 is 5.97 Å². The van der Waals surface area contributed by atoms with Gasteiger partial charge in [0.1, 0.15) is 11.3 Å². The van der Waals surface area contributed by atoms with Crippen molar-refractivity contribution in [3.63, 3.8) is 0 Å².